The van der Waals surface area contributed by atoms with Gasteiger partial charge in [0.1, 0.15) is 24.9 Å². The molecule has 1 atom stereocenters. The second-order valence-corrected chi connectivity index (χ2v) is 8.53. The van der Waals surface area contributed by atoms with Gasteiger partial charge in [0, 0.05) is 18.0 Å². The molecular weight excluding hydrogens is 451 g/mol. The van der Waals surface area contributed by atoms with Crippen LogP contribution in [-0.4, -0.2) is 47.2 Å². The number of halogens is 2. The van der Waals surface area contributed by atoms with E-state index in [0.29, 0.717) is 39.6 Å². The Morgan fingerprint density at radius 3 is 2.87 bits per heavy atom. The Hall–Kier alpha value is -2.45. The lowest BCUT2D eigenvalue weighted by Gasteiger charge is -2.33. The molecule has 3 heterocycles. The van der Waals surface area contributed by atoms with Crippen LogP contribution in [0.2, 0.25) is 0 Å². The van der Waals surface area contributed by atoms with Gasteiger partial charge in [0.25, 0.3) is 0 Å². The Morgan fingerprint density at radius 2 is 2.00 bits per heavy atom. The van der Waals surface area contributed by atoms with E-state index in [1.165, 1.54) is 25.6 Å². The lowest BCUT2D eigenvalue weighted by Crippen LogP contribution is -2.42. The maximum absolute atomic E-state index is 14.4. The minimum Gasteiger partial charge on any atom is -0.486 e. The summed E-state index contributed by atoms with van der Waals surface area (Å²) in [5, 5.41) is 3.83. The number of hydrogen-bond donors (Lipinski definition) is 1. The second kappa shape index (κ2) is 8.35. The first kappa shape index (κ1) is 19.5. The molecular formula is C22H22BrFN4O2. The summed E-state index contributed by atoms with van der Waals surface area (Å²) in [5.74, 6) is 1.49. The van der Waals surface area contributed by atoms with Gasteiger partial charge in [-0.15, -0.1) is 0 Å². The lowest BCUT2D eigenvalue weighted by molar-refractivity contribution is 0.0535. The summed E-state index contributed by atoms with van der Waals surface area (Å²) in [7, 11) is 0. The number of anilines is 2. The summed E-state index contributed by atoms with van der Waals surface area (Å²) in [6, 6.07) is 8.82. The van der Waals surface area contributed by atoms with Gasteiger partial charge in [-0.1, -0.05) is 12.5 Å². The highest BCUT2D eigenvalue weighted by Gasteiger charge is 2.25. The Bertz CT molecular complexity index is 1070. The quantitative estimate of drug-likeness (QED) is 0.582. The van der Waals surface area contributed by atoms with Crippen molar-refractivity contribution in [3.8, 4) is 11.5 Å². The van der Waals surface area contributed by atoms with Crippen molar-refractivity contribution in [3.05, 3.63) is 46.9 Å². The highest BCUT2D eigenvalue weighted by atomic mass is 79.9. The molecule has 2 aliphatic heterocycles. The van der Waals surface area contributed by atoms with Gasteiger partial charge in [0.2, 0.25) is 0 Å². The predicted molar refractivity (Wildman–Crippen MR) is 117 cm³/mol. The van der Waals surface area contributed by atoms with Crippen LogP contribution in [0.15, 0.2) is 41.1 Å². The van der Waals surface area contributed by atoms with Crippen molar-refractivity contribution in [1.29, 1.82) is 0 Å². The van der Waals surface area contributed by atoms with Crippen LogP contribution in [0.5, 0.6) is 11.5 Å². The molecule has 5 rings (SSSR count). The molecule has 1 saturated heterocycles. The van der Waals surface area contributed by atoms with E-state index >= 15 is 0 Å². The first-order valence-electron chi connectivity index (χ1n) is 10.2. The molecule has 1 aromatic heterocycles. The molecule has 2 aromatic carbocycles. The Kier molecular flexibility index (Phi) is 5.43. The normalized spacial score (nSPS) is 19.1. The number of hydrogen-bond acceptors (Lipinski definition) is 6. The van der Waals surface area contributed by atoms with E-state index in [4.69, 9.17) is 9.47 Å². The highest BCUT2D eigenvalue weighted by Crippen LogP contribution is 2.38. The molecule has 2 aliphatic rings. The van der Waals surface area contributed by atoms with Crippen LogP contribution in [0.1, 0.15) is 19.3 Å². The number of nitrogens with zero attached hydrogens (tertiary/aromatic N) is 3. The fraction of sp³-hybridized carbons (Fsp3) is 0.364. The average molecular weight is 473 g/mol. The zero-order valence-electron chi connectivity index (χ0n) is 16.4. The Morgan fingerprint density at radius 1 is 1.13 bits per heavy atom. The molecule has 3 aromatic rings. The van der Waals surface area contributed by atoms with Crippen LogP contribution in [0.3, 0.4) is 0 Å². The van der Waals surface area contributed by atoms with E-state index in [1.807, 2.05) is 12.1 Å². The molecule has 0 unspecified atom stereocenters. The van der Waals surface area contributed by atoms with Crippen molar-refractivity contribution in [2.24, 2.45) is 0 Å². The molecule has 156 valence electrons. The van der Waals surface area contributed by atoms with Crippen LogP contribution < -0.4 is 14.8 Å². The van der Waals surface area contributed by atoms with Crippen molar-refractivity contribution >= 4 is 38.3 Å². The van der Waals surface area contributed by atoms with Gasteiger partial charge in [-0.2, -0.15) is 0 Å². The van der Waals surface area contributed by atoms with Crippen LogP contribution in [0.4, 0.5) is 15.9 Å². The van der Waals surface area contributed by atoms with Crippen LogP contribution in [0.25, 0.3) is 10.9 Å². The first-order valence-corrected chi connectivity index (χ1v) is 11.0. The van der Waals surface area contributed by atoms with E-state index in [2.05, 4.69) is 36.1 Å². The number of piperidine rings is 1. The number of rotatable bonds is 4. The maximum atomic E-state index is 14.4. The predicted octanol–water partition coefficient (Wildman–Crippen LogP) is 4.90. The van der Waals surface area contributed by atoms with Crippen LogP contribution >= 0.6 is 15.9 Å². The number of ether oxygens (including phenoxy) is 2. The van der Waals surface area contributed by atoms with Crippen molar-refractivity contribution in [2.75, 3.05) is 31.6 Å². The zero-order chi connectivity index (χ0) is 20.5. The minimum absolute atomic E-state index is 0.0170. The van der Waals surface area contributed by atoms with Gasteiger partial charge < -0.3 is 14.8 Å². The first-order chi connectivity index (χ1) is 14.7. The molecule has 1 N–H and O–H groups in total. The third-order valence-corrected chi connectivity index (χ3v) is 6.15. The van der Waals surface area contributed by atoms with Crippen molar-refractivity contribution in [3.63, 3.8) is 0 Å². The van der Waals surface area contributed by atoms with Crippen LogP contribution in [-0.2, 0) is 0 Å². The summed E-state index contributed by atoms with van der Waals surface area (Å²) in [5.41, 5.74) is 1.04. The Balaban J connectivity index is 1.42. The standard InChI is InChI=1S/C22H22BrFN4O2/c23-16-5-4-6-17(21(16)24)27-22-15-9-20-19(10-18(15)25-13-26-22)29-12-14(30-20)11-28-7-2-1-3-8-28/h4-6,9-10,13-14H,1-3,7-8,11-12H2,(H,25,26,27)/t14-/m0/s1. The molecule has 0 spiro atoms. The lowest BCUT2D eigenvalue weighted by atomic mass is 10.1. The molecule has 0 saturated carbocycles. The molecule has 1 fully saturated rings. The molecule has 0 amide bonds. The maximum Gasteiger partial charge on any atom is 0.163 e. The van der Waals surface area contributed by atoms with E-state index in [9.17, 15) is 4.39 Å². The SMILES string of the molecule is Fc1c(Br)cccc1Nc1ncnc2cc3c(cc12)O[C@@H](CN1CCCCC1)CO3. The van der Waals surface area contributed by atoms with Gasteiger partial charge in [-0.25, -0.2) is 14.4 Å². The largest absolute Gasteiger partial charge is 0.486 e. The Labute approximate surface area is 182 Å². The van der Waals surface area contributed by atoms with Gasteiger partial charge in [0.15, 0.2) is 17.3 Å². The number of benzene rings is 2. The van der Waals surface area contributed by atoms with Crippen molar-refractivity contribution in [1.82, 2.24) is 14.9 Å². The third kappa shape index (κ3) is 3.94. The summed E-state index contributed by atoms with van der Waals surface area (Å²) in [4.78, 5) is 11.1. The minimum atomic E-state index is -0.372. The smallest absolute Gasteiger partial charge is 0.163 e. The number of likely N-dealkylation sites (tertiary alicyclic amines) is 1. The van der Waals surface area contributed by atoms with Crippen LogP contribution in [0, 0.1) is 5.82 Å². The molecule has 0 radical (unpaired) electrons. The summed E-state index contributed by atoms with van der Waals surface area (Å²) >= 11 is 3.22. The van der Waals surface area contributed by atoms with Gasteiger partial charge in [-0.05, 0) is 60.1 Å². The molecule has 30 heavy (non-hydrogen) atoms. The van der Waals surface area contributed by atoms with Gasteiger partial charge in [0.05, 0.1) is 15.7 Å². The van der Waals surface area contributed by atoms with E-state index in [0.717, 1.165) is 25.0 Å². The third-order valence-electron chi connectivity index (χ3n) is 5.53. The number of aromatic nitrogens is 2. The fourth-order valence-electron chi connectivity index (χ4n) is 4.01. The second-order valence-electron chi connectivity index (χ2n) is 7.68. The summed E-state index contributed by atoms with van der Waals surface area (Å²) in [6.07, 6.45) is 5.23. The molecule has 0 aliphatic carbocycles. The van der Waals surface area contributed by atoms with E-state index in [-0.39, 0.29) is 11.9 Å². The van der Waals surface area contributed by atoms with Gasteiger partial charge >= 0.3 is 0 Å². The highest BCUT2D eigenvalue weighted by molar-refractivity contribution is 9.10. The van der Waals surface area contributed by atoms with Crippen molar-refractivity contribution < 1.29 is 13.9 Å². The summed E-state index contributed by atoms with van der Waals surface area (Å²) in [6.45, 7) is 3.61. The number of nitrogens with one attached hydrogen (secondary N) is 1. The van der Waals surface area contributed by atoms with Crippen molar-refractivity contribution in [2.45, 2.75) is 25.4 Å². The zero-order valence-corrected chi connectivity index (χ0v) is 18.0. The fourth-order valence-corrected chi connectivity index (χ4v) is 4.38. The van der Waals surface area contributed by atoms with E-state index < -0.39 is 0 Å². The van der Waals surface area contributed by atoms with Gasteiger partial charge in [-0.3, -0.25) is 4.90 Å². The molecule has 8 heteroatoms. The molecule has 6 nitrogen and oxygen atoms in total. The number of fused-ring (bicyclic) bond motifs is 2. The topological polar surface area (TPSA) is 59.5 Å². The monoisotopic (exact) mass is 472 g/mol. The summed E-state index contributed by atoms with van der Waals surface area (Å²) < 4.78 is 27.1. The molecule has 0 bridgehead atoms. The van der Waals surface area contributed by atoms with E-state index in [1.54, 1.807) is 18.2 Å². The average Bonchev–Trinajstić information content (AvgIpc) is 2.76.